The van der Waals surface area contributed by atoms with E-state index in [1.54, 1.807) is 18.2 Å². The monoisotopic (exact) mass is 257 g/mol. The summed E-state index contributed by atoms with van der Waals surface area (Å²) in [4.78, 5) is 18.1. The maximum Gasteiger partial charge on any atom is 0.270 e. The summed E-state index contributed by atoms with van der Waals surface area (Å²) in [6, 6.07) is 7.94. The molecule has 2 aromatic rings. The highest BCUT2D eigenvalue weighted by atomic mass is 16.6. The zero-order chi connectivity index (χ0) is 13.7. The Hall–Kier alpha value is -2.83. The summed E-state index contributed by atoms with van der Waals surface area (Å²) in [7, 11) is 0. The minimum atomic E-state index is -0.446. The lowest BCUT2D eigenvalue weighted by Crippen LogP contribution is -1.95. The summed E-state index contributed by atoms with van der Waals surface area (Å²) in [5, 5.41) is 14.6. The number of hydrazone groups is 1. The third-order valence-corrected chi connectivity index (χ3v) is 2.28. The summed E-state index contributed by atoms with van der Waals surface area (Å²) in [5.41, 5.74) is 4.21. The van der Waals surface area contributed by atoms with Gasteiger partial charge < -0.3 is 0 Å². The zero-order valence-corrected chi connectivity index (χ0v) is 10.1. The van der Waals surface area contributed by atoms with Crippen LogP contribution in [0.1, 0.15) is 11.3 Å². The number of hydrogen-bond acceptors (Lipinski definition) is 6. The minimum absolute atomic E-state index is 0.0295. The van der Waals surface area contributed by atoms with Crippen molar-refractivity contribution in [2.24, 2.45) is 5.10 Å². The first-order chi connectivity index (χ1) is 9.15. The predicted octanol–water partition coefficient (Wildman–Crippen LogP) is 2.14. The van der Waals surface area contributed by atoms with E-state index < -0.39 is 4.92 Å². The first kappa shape index (κ1) is 12.6. The highest BCUT2D eigenvalue weighted by molar-refractivity contribution is 5.81. The predicted molar refractivity (Wildman–Crippen MR) is 71.1 cm³/mol. The van der Waals surface area contributed by atoms with Gasteiger partial charge in [0.25, 0.3) is 5.69 Å². The van der Waals surface area contributed by atoms with Crippen molar-refractivity contribution in [2.45, 2.75) is 6.92 Å². The number of rotatable bonds is 4. The number of nitrogens with zero attached hydrogens (tertiary/aromatic N) is 4. The molecule has 0 radical (unpaired) electrons. The zero-order valence-electron chi connectivity index (χ0n) is 10.1. The average molecular weight is 257 g/mol. The molecule has 0 fully saturated rings. The number of aryl methyl sites for hydroxylation is 1. The average Bonchev–Trinajstić information content (AvgIpc) is 2.39. The Labute approximate surface area is 109 Å². The smallest absolute Gasteiger partial charge is 0.261 e. The Bertz CT molecular complexity index is 627. The molecule has 0 aliphatic rings. The van der Waals surface area contributed by atoms with Crippen molar-refractivity contribution in [2.75, 3.05) is 5.43 Å². The van der Waals surface area contributed by atoms with Crippen LogP contribution in [0.3, 0.4) is 0 Å². The molecule has 1 aromatic carbocycles. The van der Waals surface area contributed by atoms with Crippen LogP contribution in [0.2, 0.25) is 0 Å². The van der Waals surface area contributed by atoms with E-state index in [4.69, 9.17) is 0 Å². The molecule has 0 atom stereocenters. The van der Waals surface area contributed by atoms with Gasteiger partial charge in [-0.3, -0.25) is 15.5 Å². The van der Waals surface area contributed by atoms with Gasteiger partial charge in [0, 0.05) is 29.5 Å². The Morgan fingerprint density at radius 2 is 2.21 bits per heavy atom. The summed E-state index contributed by atoms with van der Waals surface area (Å²) in [6.45, 7) is 1.84. The fraction of sp³-hybridized carbons (Fsp3) is 0.0833. The number of anilines is 1. The van der Waals surface area contributed by atoms with Gasteiger partial charge in [-0.2, -0.15) is 5.10 Å². The molecule has 7 heteroatoms. The highest BCUT2D eigenvalue weighted by Crippen LogP contribution is 2.11. The molecule has 0 spiro atoms. The molecule has 0 unspecified atom stereocenters. The van der Waals surface area contributed by atoms with Crippen LogP contribution in [0.5, 0.6) is 0 Å². The fourth-order valence-corrected chi connectivity index (χ4v) is 1.41. The molecule has 0 saturated heterocycles. The van der Waals surface area contributed by atoms with Gasteiger partial charge in [-0.05, 0) is 6.92 Å². The fourth-order valence-electron chi connectivity index (χ4n) is 1.41. The van der Waals surface area contributed by atoms with Gasteiger partial charge in [0.15, 0.2) is 0 Å². The van der Waals surface area contributed by atoms with E-state index in [1.807, 2.05) is 6.92 Å². The van der Waals surface area contributed by atoms with Gasteiger partial charge in [0.1, 0.15) is 12.1 Å². The van der Waals surface area contributed by atoms with Crippen molar-refractivity contribution in [3.05, 3.63) is 58.0 Å². The van der Waals surface area contributed by atoms with Crippen molar-refractivity contribution in [3.63, 3.8) is 0 Å². The topological polar surface area (TPSA) is 93.3 Å². The van der Waals surface area contributed by atoms with Gasteiger partial charge in [0.05, 0.1) is 11.1 Å². The number of non-ortho nitro benzene ring substituents is 1. The molecular formula is C12H11N5O2. The van der Waals surface area contributed by atoms with Crippen LogP contribution < -0.4 is 5.43 Å². The lowest BCUT2D eigenvalue weighted by Gasteiger charge is -1.99. The molecule has 0 bridgehead atoms. The Balaban J connectivity index is 2.07. The van der Waals surface area contributed by atoms with Crippen LogP contribution >= 0.6 is 0 Å². The normalized spacial score (nSPS) is 10.6. The van der Waals surface area contributed by atoms with E-state index in [-0.39, 0.29) is 5.69 Å². The second kappa shape index (κ2) is 5.67. The van der Waals surface area contributed by atoms with E-state index in [9.17, 15) is 10.1 Å². The maximum absolute atomic E-state index is 10.6. The molecule has 0 saturated carbocycles. The third-order valence-electron chi connectivity index (χ3n) is 2.28. The summed E-state index contributed by atoms with van der Waals surface area (Å²) in [6.07, 6.45) is 2.92. The van der Waals surface area contributed by atoms with Gasteiger partial charge >= 0.3 is 0 Å². The molecule has 96 valence electrons. The summed E-state index contributed by atoms with van der Waals surface area (Å²) >= 11 is 0. The van der Waals surface area contributed by atoms with E-state index in [2.05, 4.69) is 20.5 Å². The molecule has 19 heavy (non-hydrogen) atoms. The number of nitrogens with one attached hydrogen (secondary N) is 1. The lowest BCUT2D eigenvalue weighted by atomic mass is 10.2. The first-order valence-corrected chi connectivity index (χ1v) is 5.47. The molecule has 0 aliphatic heterocycles. The standard InChI is InChI=1S/C12H11N5O2/c1-9-5-12(14-8-13-9)16-15-7-10-3-2-4-11(6-10)17(18)19/h2-8H,1H3,(H,13,14,16)/b15-7+. The van der Waals surface area contributed by atoms with E-state index in [0.29, 0.717) is 11.4 Å². The Kier molecular flexibility index (Phi) is 3.77. The quantitative estimate of drug-likeness (QED) is 0.514. The van der Waals surface area contributed by atoms with Crippen molar-refractivity contribution in [3.8, 4) is 0 Å². The number of aromatic nitrogens is 2. The third kappa shape index (κ3) is 3.56. The van der Waals surface area contributed by atoms with Gasteiger partial charge in [-0.25, -0.2) is 9.97 Å². The van der Waals surface area contributed by atoms with Crippen molar-refractivity contribution in [1.82, 2.24) is 9.97 Å². The van der Waals surface area contributed by atoms with Gasteiger partial charge in [0.2, 0.25) is 0 Å². The SMILES string of the molecule is Cc1cc(N/N=C/c2cccc([N+](=O)[O-])c2)ncn1. The number of hydrogen-bond donors (Lipinski definition) is 1. The van der Waals surface area contributed by atoms with Crippen LogP contribution in [0.4, 0.5) is 11.5 Å². The van der Waals surface area contributed by atoms with Crippen molar-refractivity contribution < 1.29 is 4.92 Å². The molecule has 2 rings (SSSR count). The largest absolute Gasteiger partial charge is 0.270 e. The molecule has 0 aliphatic carbocycles. The molecule has 0 amide bonds. The molecule has 7 nitrogen and oxygen atoms in total. The van der Waals surface area contributed by atoms with Crippen LogP contribution in [0.25, 0.3) is 0 Å². The van der Waals surface area contributed by atoms with Gasteiger partial charge in [-0.1, -0.05) is 12.1 Å². The molecular weight excluding hydrogens is 246 g/mol. The van der Waals surface area contributed by atoms with E-state index >= 15 is 0 Å². The number of nitro benzene ring substituents is 1. The Morgan fingerprint density at radius 1 is 1.37 bits per heavy atom. The van der Waals surface area contributed by atoms with Gasteiger partial charge in [-0.15, -0.1) is 0 Å². The van der Waals surface area contributed by atoms with Crippen LogP contribution in [0.15, 0.2) is 41.8 Å². The summed E-state index contributed by atoms with van der Waals surface area (Å²) < 4.78 is 0. The second-order valence-electron chi connectivity index (χ2n) is 3.77. The second-order valence-corrected chi connectivity index (χ2v) is 3.77. The minimum Gasteiger partial charge on any atom is -0.261 e. The summed E-state index contributed by atoms with van der Waals surface area (Å²) in [5.74, 6) is 0.564. The Morgan fingerprint density at radius 3 is 2.95 bits per heavy atom. The van der Waals surface area contributed by atoms with E-state index in [1.165, 1.54) is 24.7 Å². The molecule has 1 aromatic heterocycles. The highest BCUT2D eigenvalue weighted by Gasteiger charge is 2.03. The molecule has 1 N–H and O–H groups in total. The van der Waals surface area contributed by atoms with E-state index in [0.717, 1.165) is 5.69 Å². The van der Waals surface area contributed by atoms with Crippen LogP contribution in [-0.4, -0.2) is 21.1 Å². The number of benzene rings is 1. The first-order valence-electron chi connectivity index (χ1n) is 5.47. The van der Waals surface area contributed by atoms with Crippen molar-refractivity contribution >= 4 is 17.7 Å². The molecule has 1 heterocycles. The van der Waals surface area contributed by atoms with Crippen LogP contribution in [0, 0.1) is 17.0 Å². The van der Waals surface area contributed by atoms with Crippen LogP contribution in [-0.2, 0) is 0 Å². The number of nitro groups is 1. The van der Waals surface area contributed by atoms with Crippen molar-refractivity contribution in [1.29, 1.82) is 0 Å². The maximum atomic E-state index is 10.6. The lowest BCUT2D eigenvalue weighted by molar-refractivity contribution is -0.384.